The number of thiophene rings is 1. The van der Waals surface area contributed by atoms with E-state index in [1.165, 1.54) is 11.8 Å². The summed E-state index contributed by atoms with van der Waals surface area (Å²) in [5.41, 5.74) is 1.83. The zero-order chi connectivity index (χ0) is 13.0. The fraction of sp³-hybridized carbons (Fsp3) is 0.231. The van der Waals surface area contributed by atoms with E-state index in [-0.39, 0.29) is 5.91 Å². The maximum Gasteiger partial charge on any atom is 0.256 e. The molecule has 2 aromatic rings. The highest BCUT2D eigenvalue weighted by Gasteiger charge is 2.16. The van der Waals surface area contributed by atoms with E-state index in [1.54, 1.807) is 28.5 Å². The first kappa shape index (κ1) is 13.1. The van der Waals surface area contributed by atoms with Gasteiger partial charge in [0.2, 0.25) is 0 Å². The van der Waals surface area contributed by atoms with Crippen LogP contribution in [0.4, 0.5) is 0 Å². The number of hydrogen-bond donors (Lipinski definition) is 0. The van der Waals surface area contributed by atoms with Gasteiger partial charge in [-0.1, -0.05) is 0 Å². The van der Waals surface area contributed by atoms with Crippen LogP contribution in [0.5, 0.6) is 0 Å². The topological polar surface area (TPSA) is 33.2 Å². The molecule has 1 amide bonds. The molecule has 0 saturated carbocycles. The minimum absolute atomic E-state index is 0.0126. The molecule has 0 aliphatic rings. The van der Waals surface area contributed by atoms with Crippen molar-refractivity contribution in [2.45, 2.75) is 11.6 Å². The molecule has 0 atom stereocenters. The molecule has 0 N–H and O–H groups in total. The second-order valence-electron chi connectivity index (χ2n) is 3.85. The van der Waals surface area contributed by atoms with E-state index in [2.05, 4.69) is 10.4 Å². The van der Waals surface area contributed by atoms with Crippen molar-refractivity contribution in [3.05, 3.63) is 46.3 Å². The Balaban J connectivity index is 2.15. The fourth-order valence-corrected chi connectivity index (χ4v) is 2.85. The lowest BCUT2D eigenvalue weighted by Crippen LogP contribution is -2.26. The van der Waals surface area contributed by atoms with Crippen molar-refractivity contribution >= 4 is 29.0 Å². The Hall–Kier alpha value is -1.33. The molecule has 0 spiro atoms. The highest BCUT2D eigenvalue weighted by molar-refractivity contribution is 7.98. The Morgan fingerprint density at radius 3 is 3.00 bits per heavy atom. The first-order valence-electron chi connectivity index (χ1n) is 5.48. The molecule has 18 heavy (non-hydrogen) atoms. The number of pyridine rings is 1. The minimum Gasteiger partial charge on any atom is -0.337 e. The highest BCUT2D eigenvalue weighted by Crippen LogP contribution is 2.19. The summed E-state index contributed by atoms with van der Waals surface area (Å²) in [5.74, 6) is 0.0126. The molecule has 2 aromatic heterocycles. The second-order valence-corrected chi connectivity index (χ2v) is 5.43. The molecule has 0 aromatic carbocycles. The first-order valence-corrected chi connectivity index (χ1v) is 7.64. The average Bonchev–Trinajstić information content (AvgIpc) is 2.90. The van der Waals surface area contributed by atoms with Crippen LogP contribution in [0, 0.1) is 0 Å². The van der Waals surface area contributed by atoms with E-state index < -0.39 is 0 Å². The SMILES string of the molecule is CSc1ncccc1C(=O)N(C)Cc1ccsc1. The number of carbonyl (C=O) groups is 1. The van der Waals surface area contributed by atoms with Gasteiger partial charge in [-0.2, -0.15) is 11.3 Å². The van der Waals surface area contributed by atoms with Crippen molar-refractivity contribution in [3.8, 4) is 0 Å². The summed E-state index contributed by atoms with van der Waals surface area (Å²) >= 11 is 3.13. The first-order chi connectivity index (χ1) is 8.72. The number of amides is 1. The standard InChI is InChI=1S/C13H14N2OS2/c1-15(8-10-5-7-18-9-10)13(16)11-4-3-6-14-12(11)17-2/h3-7,9H,8H2,1-2H3. The van der Waals surface area contributed by atoms with Gasteiger partial charge >= 0.3 is 0 Å². The molecule has 0 unspecified atom stereocenters. The molecule has 0 bridgehead atoms. The van der Waals surface area contributed by atoms with Gasteiger partial charge in [-0.05, 0) is 40.8 Å². The van der Waals surface area contributed by atoms with Crippen LogP contribution in [0.2, 0.25) is 0 Å². The Morgan fingerprint density at radius 2 is 2.33 bits per heavy atom. The van der Waals surface area contributed by atoms with E-state index >= 15 is 0 Å². The normalized spacial score (nSPS) is 10.3. The summed E-state index contributed by atoms with van der Waals surface area (Å²) in [4.78, 5) is 18.3. The van der Waals surface area contributed by atoms with E-state index in [1.807, 2.05) is 30.8 Å². The van der Waals surface area contributed by atoms with E-state index in [0.717, 1.165) is 10.6 Å². The number of hydrogen-bond acceptors (Lipinski definition) is 4. The Morgan fingerprint density at radius 1 is 1.50 bits per heavy atom. The zero-order valence-corrected chi connectivity index (χ0v) is 11.9. The lowest BCUT2D eigenvalue weighted by atomic mass is 10.2. The molecule has 0 saturated heterocycles. The third-order valence-electron chi connectivity index (χ3n) is 2.54. The number of aromatic nitrogens is 1. The molecule has 0 aliphatic carbocycles. The van der Waals surface area contributed by atoms with Gasteiger partial charge in [-0.3, -0.25) is 4.79 Å². The quantitative estimate of drug-likeness (QED) is 0.806. The predicted octanol–water partition coefficient (Wildman–Crippen LogP) is 3.14. The number of rotatable bonds is 4. The van der Waals surface area contributed by atoms with Crippen LogP contribution in [0.25, 0.3) is 0 Å². The molecule has 5 heteroatoms. The van der Waals surface area contributed by atoms with Crippen LogP contribution in [-0.4, -0.2) is 29.1 Å². The molecule has 0 aliphatic heterocycles. The summed E-state index contributed by atoms with van der Waals surface area (Å²) in [6.07, 6.45) is 3.64. The van der Waals surface area contributed by atoms with Crippen LogP contribution >= 0.6 is 23.1 Å². The number of nitrogens with zero attached hydrogens (tertiary/aromatic N) is 2. The maximum atomic E-state index is 12.3. The van der Waals surface area contributed by atoms with Gasteiger partial charge in [-0.15, -0.1) is 11.8 Å². The van der Waals surface area contributed by atoms with Gasteiger partial charge in [0.15, 0.2) is 0 Å². The molecule has 3 nitrogen and oxygen atoms in total. The molecular weight excluding hydrogens is 264 g/mol. The Kier molecular flexibility index (Phi) is 4.38. The van der Waals surface area contributed by atoms with E-state index in [4.69, 9.17) is 0 Å². The van der Waals surface area contributed by atoms with Gasteiger partial charge in [0.1, 0.15) is 5.03 Å². The number of thioether (sulfide) groups is 1. The van der Waals surface area contributed by atoms with Crippen molar-refractivity contribution < 1.29 is 4.79 Å². The third-order valence-corrected chi connectivity index (χ3v) is 3.99. The van der Waals surface area contributed by atoms with Gasteiger partial charge < -0.3 is 4.90 Å². The van der Waals surface area contributed by atoms with E-state index in [0.29, 0.717) is 12.1 Å². The van der Waals surface area contributed by atoms with Gasteiger partial charge in [0.05, 0.1) is 5.56 Å². The largest absolute Gasteiger partial charge is 0.337 e. The van der Waals surface area contributed by atoms with Crippen molar-refractivity contribution in [1.82, 2.24) is 9.88 Å². The third kappa shape index (κ3) is 2.91. The fourth-order valence-electron chi connectivity index (χ4n) is 1.65. The predicted molar refractivity (Wildman–Crippen MR) is 76.1 cm³/mol. The summed E-state index contributed by atoms with van der Waals surface area (Å²) in [7, 11) is 1.82. The van der Waals surface area contributed by atoms with Crippen molar-refractivity contribution in [2.75, 3.05) is 13.3 Å². The molecular formula is C13H14N2OS2. The summed E-state index contributed by atoms with van der Waals surface area (Å²) in [6, 6.07) is 5.66. The average molecular weight is 278 g/mol. The summed E-state index contributed by atoms with van der Waals surface area (Å²) < 4.78 is 0. The molecule has 0 fully saturated rings. The number of carbonyl (C=O) groups excluding carboxylic acids is 1. The zero-order valence-electron chi connectivity index (χ0n) is 10.3. The smallest absolute Gasteiger partial charge is 0.256 e. The molecule has 94 valence electrons. The Labute approximate surface area is 115 Å². The molecule has 2 heterocycles. The van der Waals surface area contributed by atoms with Crippen LogP contribution in [0.15, 0.2) is 40.2 Å². The van der Waals surface area contributed by atoms with Gasteiger partial charge in [0, 0.05) is 19.8 Å². The van der Waals surface area contributed by atoms with Gasteiger partial charge in [0.25, 0.3) is 5.91 Å². The van der Waals surface area contributed by atoms with Gasteiger partial charge in [-0.25, -0.2) is 4.98 Å². The summed E-state index contributed by atoms with van der Waals surface area (Å²) in [6.45, 7) is 0.630. The Bertz CT molecular complexity index is 526. The van der Waals surface area contributed by atoms with Crippen molar-refractivity contribution in [3.63, 3.8) is 0 Å². The van der Waals surface area contributed by atoms with Crippen LogP contribution in [0.1, 0.15) is 15.9 Å². The van der Waals surface area contributed by atoms with E-state index in [9.17, 15) is 4.79 Å². The monoisotopic (exact) mass is 278 g/mol. The van der Waals surface area contributed by atoms with Crippen LogP contribution < -0.4 is 0 Å². The van der Waals surface area contributed by atoms with Crippen LogP contribution in [0.3, 0.4) is 0 Å². The van der Waals surface area contributed by atoms with Crippen molar-refractivity contribution in [1.29, 1.82) is 0 Å². The summed E-state index contributed by atoms with van der Waals surface area (Å²) in [5, 5.41) is 4.85. The molecule has 2 rings (SSSR count). The molecule has 0 radical (unpaired) electrons. The second kappa shape index (κ2) is 6.02. The maximum absolute atomic E-state index is 12.3. The lowest BCUT2D eigenvalue weighted by Gasteiger charge is -2.17. The lowest BCUT2D eigenvalue weighted by molar-refractivity contribution is 0.0781. The van der Waals surface area contributed by atoms with Crippen molar-refractivity contribution in [2.24, 2.45) is 0 Å². The highest BCUT2D eigenvalue weighted by atomic mass is 32.2. The minimum atomic E-state index is 0.0126. The van der Waals surface area contributed by atoms with Crippen LogP contribution in [-0.2, 0) is 6.54 Å².